The highest BCUT2D eigenvalue weighted by atomic mass is 16.2. The van der Waals surface area contributed by atoms with E-state index in [2.05, 4.69) is 151 Å². The van der Waals surface area contributed by atoms with Gasteiger partial charge in [0.1, 0.15) is 6.17 Å². The summed E-state index contributed by atoms with van der Waals surface area (Å²) in [6.45, 7) is 0. The number of hydrogen-bond donors (Lipinski definition) is 1. The van der Waals surface area contributed by atoms with Crippen molar-refractivity contribution in [3.8, 4) is 55.6 Å². The lowest BCUT2D eigenvalue weighted by Crippen LogP contribution is -2.43. The number of carbonyl (C=O) groups is 2. The van der Waals surface area contributed by atoms with Crippen molar-refractivity contribution in [2.45, 2.75) is 18.6 Å². The first-order chi connectivity index (χ1) is 34.6. The van der Waals surface area contributed by atoms with E-state index in [1.807, 2.05) is 119 Å². The Balaban J connectivity index is 1.00. The number of para-hydroxylation sites is 1. The summed E-state index contributed by atoms with van der Waals surface area (Å²) < 4.78 is 0. The van der Waals surface area contributed by atoms with Gasteiger partial charge in [-0.1, -0.05) is 206 Å². The van der Waals surface area contributed by atoms with Gasteiger partial charge in [-0.15, -0.1) is 0 Å². The molecule has 5 heteroatoms. The Morgan fingerprint density at radius 3 is 1.26 bits per heavy atom. The lowest BCUT2D eigenvalue weighted by Gasteiger charge is -2.40. The molecule has 2 atom stereocenters. The normalized spacial score (nSPS) is 15.2. The molecule has 2 heterocycles. The van der Waals surface area contributed by atoms with Crippen molar-refractivity contribution in [3.63, 3.8) is 0 Å². The average molecular weight is 902 g/mol. The maximum atomic E-state index is 15.5. The molecule has 5 nitrogen and oxygen atoms in total. The summed E-state index contributed by atoms with van der Waals surface area (Å²) in [5, 5.41) is 3.95. The molecule has 0 spiro atoms. The van der Waals surface area contributed by atoms with E-state index in [0.29, 0.717) is 17.5 Å². The zero-order valence-electron chi connectivity index (χ0n) is 38.3. The van der Waals surface area contributed by atoms with E-state index in [4.69, 9.17) is 0 Å². The van der Waals surface area contributed by atoms with Crippen molar-refractivity contribution in [3.05, 3.63) is 283 Å². The molecule has 12 rings (SSSR count). The smallest absolute Gasteiger partial charge is 0.262 e. The van der Waals surface area contributed by atoms with Gasteiger partial charge in [-0.25, -0.2) is 0 Å². The standard InChI is InChI=1S/C65H47N3O2/c69-64-58-37-17-35-56(60(58)43-61(52-31-13-27-48(39-52)44-19-5-1-6-20-44)67(64)54-33-15-29-50(41-54)46-23-9-3-10-24-46)57-36-18-38-59-62(57)66-63(53-32-14-28-49(40-53)45-21-7-2-8-22-45)68(65(59)70)55-34-16-30-51(42-55)47-25-11-4-12-26-47/h1-42,61,63,66H,43H2. The van der Waals surface area contributed by atoms with Crippen LogP contribution in [-0.2, 0) is 6.42 Å². The van der Waals surface area contributed by atoms with Gasteiger partial charge in [0.2, 0.25) is 0 Å². The van der Waals surface area contributed by atoms with Crippen LogP contribution in [0, 0.1) is 0 Å². The Hall–Kier alpha value is -9.06. The first kappa shape index (κ1) is 42.3. The topological polar surface area (TPSA) is 52.7 Å². The van der Waals surface area contributed by atoms with Gasteiger partial charge in [-0.3, -0.25) is 14.5 Å². The lowest BCUT2D eigenvalue weighted by molar-refractivity contribution is 0.0962. The fourth-order valence-corrected chi connectivity index (χ4v) is 10.4. The lowest BCUT2D eigenvalue weighted by atomic mass is 9.82. The minimum Gasteiger partial charge on any atom is -0.360 e. The number of rotatable bonds is 9. The number of fused-ring (bicyclic) bond motifs is 2. The Morgan fingerprint density at radius 1 is 0.329 bits per heavy atom. The molecule has 10 aromatic carbocycles. The summed E-state index contributed by atoms with van der Waals surface area (Å²) in [6, 6.07) is 86.6. The summed E-state index contributed by atoms with van der Waals surface area (Å²) in [7, 11) is 0. The van der Waals surface area contributed by atoms with Crippen LogP contribution in [0.3, 0.4) is 0 Å². The summed E-state index contributed by atoms with van der Waals surface area (Å²) in [4.78, 5) is 34.8. The fourth-order valence-electron chi connectivity index (χ4n) is 10.4. The highest BCUT2D eigenvalue weighted by molar-refractivity contribution is 6.15. The monoisotopic (exact) mass is 901 g/mol. The third-order valence-electron chi connectivity index (χ3n) is 13.8. The minimum atomic E-state index is -0.571. The van der Waals surface area contributed by atoms with Crippen LogP contribution in [0.2, 0.25) is 0 Å². The molecular formula is C65H47N3O2. The number of hydrogen-bond acceptors (Lipinski definition) is 3. The van der Waals surface area contributed by atoms with Gasteiger partial charge < -0.3 is 10.2 Å². The Kier molecular flexibility index (Phi) is 11.0. The second kappa shape index (κ2) is 18.2. The van der Waals surface area contributed by atoms with Crippen molar-refractivity contribution in [1.29, 1.82) is 0 Å². The number of nitrogens with zero attached hydrogens (tertiary/aromatic N) is 2. The average Bonchev–Trinajstić information content (AvgIpc) is 3.44. The van der Waals surface area contributed by atoms with E-state index < -0.39 is 6.17 Å². The third-order valence-corrected chi connectivity index (χ3v) is 13.8. The van der Waals surface area contributed by atoms with Crippen LogP contribution < -0.4 is 15.1 Å². The zero-order chi connectivity index (χ0) is 47.0. The van der Waals surface area contributed by atoms with Gasteiger partial charge in [-0.2, -0.15) is 0 Å². The zero-order valence-corrected chi connectivity index (χ0v) is 38.3. The molecule has 0 fully saturated rings. The van der Waals surface area contributed by atoms with Gasteiger partial charge >= 0.3 is 0 Å². The maximum absolute atomic E-state index is 15.5. The van der Waals surface area contributed by atoms with E-state index in [1.165, 1.54) is 0 Å². The van der Waals surface area contributed by atoms with E-state index in [1.54, 1.807) is 0 Å². The van der Waals surface area contributed by atoms with Crippen molar-refractivity contribution >= 4 is 28.9 Å². The molecule has 0 bridgehead atoms. The molecule has 0 saturated heterocycles. The number of nitrogens with one attached hydrogen (secondary N) is 1. The summed E-state index contributed by atoms with van der Waals surface area (Å²) in [6.07, 6.45) is -0.0262. The van der Waals surface area contributed by atoms with Crippen molar-refractivity contribution in [2.24, 2.45) is 0 Å². The van der Waals surface area contributed by atoms with Gasteiger partial charge in [0.25, 0.3) is 11.8 Å². The predicted octanol–water partition coefficient (Wildman–Crippen LogP) is 15.7. The first-order valence-corrected chi connectivity index (χ1v) is 23.9. The van der Waals surface area contributed by atoms with Gasteiger partial charge in [0.05, 0.1) is 17.3 Å². The van der Waals surface area contributed by atoms with Crippen LogP contribution in [0.15, 0.2) is 255 Å². The number of anilines is 3. The quantitative estimate of drug-likeness (QED) is 0.157. The maximum Gasteiger partial charge on any atom is 0.262 e. The summed E-state index contributed by atoms with van der Waals surface area (Å²) in [5.74, 6) is -0.186. The van der Waals surface area contributed by atoms with E-state index >= 15 is 9.59 Å². The number of benzene rings is 10. The predicted molar refractivity (Wildman–Crippen MR) is 286 cm³/mol. The number of carbonyl (C=O) groups excluding carboxylic acids is 2. The van der Waals surface area contributed by atoms with E-state index in [0.717, 1.165) is 89.4 Å². The molecule has 2 aliphatic heterocycles. The van der Waals surface area contributed by atoms with Crippen LogP contribution in [0.1, 0.15) is 49.6 Å². The van der Waals surface area contributed by atoms with Gasteiger partial charge in [-0.05, 0) is 122 Å². The molecule has 2 amide bonds. The molecule has 10 aromatic rings. The van der Waals surface area contributed by atoms with Crippen LogP contribution in [0.5, 0.6) is 0 Å². The molecule has 0 radical (unpaired) electrons. The van der Waals surface area contributed by atoms with Crippen LogP contribution in [-0.4, -0.2) is 11.8 Å². The molecule has 0 saturated carbocycles. The van der Waals surface area contributed by atoms with Crippen molar-refractivity contribution < 1.29 is 9.59 Å². The molecule has 0 aliphatic carbocycles. The molecule has 1 N–H and O–H groups in total. The molecule has 2 aliphatic rings. The second-order valence-electron chi connectivity index (χ2n) is 18.0. The summed E-state index contributed by atoms with van der Waals surface area (Å²) in [5.41, 5.74) is 16.8. The Morgan fingerprint density at radius 2 is 0.714 bits per heavy atom. The van der Waals surface area contributed by atoms with Crippen molar-refractivity contribution in [2.75, 3.05) is 15.1 Å². The fraction of sp³-hybridized carbons (Fsp3) is 0.0462. The third kappa shape index (κ3) is 7.83. The van der Waals surface area contributed by atoms with E-state index in [9.17, 15) is 0 Å². The largest absolute Gasteiger partial charge is 0.360 e. The van der Waals surface area contributed by atoms with Gasteiger partial charge in [0, 0.05) is 22.5 Å². The molecule has 2 unspecified atom stereocenters. The Labute approximate surface area is 408 Å². The minimum absolute atomic E-state index is 0.0719. The highest BCUT2D eigenvalue weighted by Crippen LogP contribution is 2.47. The molecule has 70 heavy (non-hydrogen) atoms. The van der Waals surface area contributed by atoms with Crippen LogP contribution >= 0.6 is 0 Å². The molecule has 334 valence electrons. The first-order valence-electron chi connectivity index (χ1n) is 23.9. The van der Waals surface area contributed by atoms with Gasteiger partial charge in [0.15, 0.2) is 0 Å². The van der Waals surface area contributed by atoms with Crippen LogP contribution in [0.4, 0.5) is 17.1 Å². The second-order valence-corrected chi connectivity index (χ2v) is 18.0. The summed E-state index contributed by atoms with van der Waals surface area (Å²) >= 11 is 0. The van der Waals surface area contributed by atoms with E-state index in [-0.39, 0.29) is 17.9 Å². The molecule has 0 aromatic heterocycles. The Bertz CT molecular complexity index is 3320. The van der Waals surface area contributed by atoms with Crippen molar-refractivity contribution in [1.82, 2.24) is 0 Å². The number of amides is 2. The SMILES string of the molecule is O=C1c2cccc(-c3cccc4c3NC(c3cccc(-c5ccccc5)c3)N(c3cccc(-c5ccccc5)c3)C4=O)c2CC(c2cccc(-c3ccccc3)c2)N1c1cccc(-c2ccccc2)c1. The molecular weight excluding hydrogens is 855 g/mol. The van der Waals surface area contributed by atoms with Crippen LogP contribution in [0.25, 0.3) is 55.6 Å². The highest BCUT2D eigenvalue weighted by Gasteiger charge is 2.39.